The molecule has 4 heteroatoms. The Bertz CT molecular complexity index is 679. The topological polar surface area (TPSA) is 47.9 Å². The Labute approximate surface area is 123 Å². The van der Waals surface area contributed by atoms with Crippen molar-refractivity contribution in [2.75, 3.05) is 7.11 Å². The monoisotopic (exact) mass is 281 g/mol. The lowest BCUT2D eigenvalue weighted by Crippen LogP contribution is -2.21. The summed E-state index contributed by atoms with van der Waals surface area (Å²) in [4.78, 5) is 16.8. The lowest BCUT2D eigenvalue weighted by atomic mass is 9.91. The van der Waals surface area contributed by atoms with Crippen molar-refractivity contribution >= 4 is 11.7 Å². The van der Waals surface area contributed by atoms with E-state index in [1.807, 2.05) is 54.6 Å². The number of rotatable bonds is 4. The average molecular weight is 281 g/mol. The first-order valence-corrected chi connectivity index (χ1v) is 6.75. The fraction of sp³-hybridized carbons (Fsp3) is 0.176. The van der Waals surface area contributed by atoms with Crippen molar-refractivity contribution in [1.82, 2.24) is 0 Å². The predicted molar refractivity (Wildman–Crippen MR) is 79.3 cm³/mol. The molecule has 0 bridgehead atoms. The maximum atomic E-state index is 11.9. The number of hydrogen-bond acceptors (Lipinski definition) is 4. The zero-order valence-corrected chi connectivity index (χ0v) is 11.7. The van der Waals surface area contributed by atoms with Crippen molar-refractivity contribution in [1.29, 1.82) is 0 Å². The molecule has 0 amide bonds. The van der Waals surface area contributed by atoms with E-state index in [2.05, 4.69) is 5.16 Å². The van der Waals surface area contributed by atoms with E-state index in [1.54, 1.807) is 7.11 Å². The number of carbonyl (C=O) groups is 1. The van der Waals surface area contributed by atoms with Crippen molar-refractivity contribution in [2.45, 2.75) is 6.42 Å². The Morgan fingerprint density at radius 3 is 2.71 bits per heavy atom. The first-order chi connectivity index (χ1) is 10.3. The molecule has 1 heterocycles. The van der Waals surface area contributed by atoms with Crippen LogP contribution in [0.1, 0.15) is 11.1 Å². The minimum atomic E-state index is -0.375. The number of carbonyl (C=O) groups excluding carboxylic acids is 1. The summed E-state index contributed by atoms with van der Waals surface area (Å²) in [7, 11) is 1.61. The van der Waals surface area contributed by atoms with Gasteiger partial charge in [-0.2, -0.15) is 0 Å². The van der Waals surface area contributed by atoms with Gasteiger partial charge >= 0.3 is 5.97 Å². The van der Waals surface area contributed by atoms with Gasteiger partial charge in [-0.05, 0) is 24.1 Å². The van der Waals surface area contributed by atoms with Crippen LogP contribution in [0.5, 0.6) is 5.75 Å². The molecule has 2 aromatic rings. The van der Waals surface area contributed by atoms with E-state index in [-0.39, 0.29) is 11.9 Å². The summed E-state index contributed by atoms with van der Waals surface area (Å²) in [5, 5.41) is 3.95. The van der Waals surface area contributed by atoms with Gasteiger partial charge in [0.1, 0.15) is 17.4 Å². The van der Waals surface area contributed by atoms with Crippen molar-refractivity contribution in [3.8, 4) is 5.75 Å². The summed E-state index contributed by atoms with van der Waals surface area (Å²) in [6.45, 7) is 0. The van der Waals surface area contributed by atoms with Crippen molar-refractivity contribution < 1.29 is 14.4 Å². The van der Waals surface area contributed by atoms with Crippen molar-refractivity contribution in [3.05, 3.63) is 65.7 Å². The van der Waals surface area contributed by atoms with E-state index < -0.39 is 0 Å². The Hall–Kier alpha value is -2.62. The van der Waals surface area contributed by atoms with Gasteiger partial charge in [-0.3, -0.25) is 0 Å². The molecular formula is C17H15NO3. The second-order valence-corrected chi connectivity index (χ2v) is 4.86. The molecule has 0 aromatic heterocycles. The molecule has 1 unspecified atom stereocenters. The molecule has 4 nitrogen and oxygen atoms in total. The summed E-state index contributed by atoms with van der Waals surface area (Å²) in [6, 6.07) is 17.3. The highest BCUT2D eigenvalue weighted by molar-refractivity contribution is 6.14. The van der Waals surface area contributed by atoms with E-state index in [1.165, 1.54) is 0 Å². The fourth-order valence-corrected chi connectivity index (χ4v) is 2.40. The Morgan fingerprint density at radius 1 is 1.14 bits per heavy atom. The van der Waals surface area contributed by atoms with Crippen LogP contribution in [0.25, 0.3) is 0 Å². The van der Waals surface area contributed by atoms with Crippen molar-refractivity contribution in [2.24, 2.45) is 11.1 Å². The second-order valence-electron chi connectivity index (χ2n) is 4.86. The van der Waals surface area contributed by atoms with E-state index in [0.29, 0.717) is 12.1 Å². The van der Waals surface area contributed by atoms with E-state index in [9.17, 15) is 4.79 Å². The molecule has 0 fully saturated rings. The Morgan fingerprint density at radius 2 is 1.95 bits per heavy atom. The zero-order valence-electron chi connectivity index (χ0n) is 11.7. The molecule has 0 spiro atoms. The molecule has 0 radical (unpaired) electrons. The summed E-state index contributed by atoms with van der Waals surface area (Å²) in [5.74, 6) is 0.0455. The van der Waals surface area contributed by atoms with Gasteiger partial charge in [-0.15, -0.1) is 0 Å². The third-order valence-electron chi connectivity index (χ3n) is 3.50. The molecule has 0 saturated heterocycles. The van der Waals surface area contributed by atoms with Gasteiger partial charge in [-0.25, -0.2) is 4.79 Å². The quantitative estimate of drug-likeness (QED) is 0.810. The molecule has 2 aromatic carbocycles. The first kappa shape index (κ1) is 13.4. The van der Waals surface area contributed by atoms with Gasteiger partial charge in [0.25, 0.3) is 0 Å². The predicted octanol–water partition coefficient (Wildman–Crippen LogP) is 2.82. The maximum Gasteiger partial charge on any atom is 0.344 e. The smallest absolute Gasteiger partial charge is 0.344 e. The highest BCUT2D eigenvalue weighted by Gasteiger charge is 2.33. The van der Waals surface area contributed by atoms with Gasteiger partial charge < -0.3 is 9.57 Å². The number of ether oxygens (including phenoxy) is 1. The van der Waals surface area contributed by atoms with Crippen LogP contribution in [-0.2, 0) is 16.1 Å². The molecular weight excluding hydrogens is 266 g/mol. The largest absolute Gasteiger partial charge is 0.497 e. The minimum Gasteiger partial charge on any atom is -0.497 e. The van der Waals surface area contributed by atoms with Crippen LogP contribution in [0.15, 0.2) is 59.8 Å². The van der Waals surface area contributed by atoms with E-state index >= 15 is 0 Å². The summed E-state index contributed by atoms with van der Waals surface area (Å²) in [6.07, 6.45) is 0.579. The van der Waals surface area contributed by atoms with Gasteiger partial charge in [0.15, 0.2) is 0 Å². The highest BCUT2D eigenvalue weighted by Crippen LogP contribution is 2.24. The summed E-state index contributed by atoms with van der Waals surface area (Å²) >= 11 is 0. The molecule has 21 heavy (non-hydrogen) atoms. The van der Waals surface area contributed by atoms with Gasteiger partial charge in [0, 0.05) is 5.56 Å². The standard InChI is InChI=1S/C17H15NO3/c1-20-14-9-5-8-13(11-14)16-15(17(19)21-18-16)10-12-6-3-2-4-7-12/h2-9,11,15H,10H2,1H3. The SMILES string of the molecule is COc1cccc(C2=NOC(=O)C2Cc2ccccc2)c1. The molecule has 1 aliphatic rings. The summed E-state index contributed by atoms with van der Waals surface area (Å²) in [5.41, 5.74) is 2.58. The lowest BCUT2D eigenvalue weighted by molar-refractivity contribution is -0.143. The number of oxime groups is 1. The summed E-state index contributed by atoms with van der Waals surface area (Å²) < 4.78 is 5.21. The van der Waals surface area contributed by atoms with Gasteiger partial charge in [0.05, 0.1) is 7.11 Å². The fourth-order valence-electron chi connectivity index (χ4n) is 2.40. The number of nitrogens with zero attached hydrogens (tertiary/aromatic N) is 1. The van der Waals surface area contributed by atoms with E-state index in [0.717, 1.165) is 16.9 Å². The number of hydrogen-bond donors (Lipinski definition) is 0. The van der Waals surface area contributed by atoms with Crippen LogP contribution >= 0.6 is 0 Å². The number of benzene rings is 2. The Kier molecular flexibility index (Phi) is 3.69. The van der Waals surface area contributed by atoms with Crippen LogP contribution in [0, 0.1) is 5.92 Å². The molecule has 3 rings (SSSR count). The van der Waals surface area contributed by atoms with Crippen molar-refractivity contribution in [3.63, 3.8) is 0 Å². The number of methoxy groups -OCH3 is 1. The maximum absolute atomic E-state index is 11.9. The third kappa shape index (κ3) is 2.79. The van der Waals surface area contributed by atoms with Crippen LogP contribution in [0.4, 0.5) is 0 Å². The first-order valence-electron chi connectivity index (χ1n) is 6.75. The van der Waals surface area contributed by atoms with E-state index in [4.69, 9.17) is 9.57 Å². The molecule has 1 atom stereocenters. The molecule has 0 N–H and O–H groups in total. The molecule has 106 valence electrons. The second kappa shape index (κ2) is 5.79. The average Bonchev–Trinajstić information content (AvgIpc) is 2.89. The Balaban J connectivity index is 1.88. The van der Waals surface area contributed by atoms with Gasteiger partial charge in [0.2, 0.25) is 0 Å². The molecule has 0 aliphatic carbocycles. The lowest BCUT2D eigenvalue weighted by Gasteiger charge is -2.10. The van der Waals surface area contributed by atoms with Crippen LogP contribution < -0.4 is 4.74 Å². The zero-order chi connectivity index (χ0) is 14.7. The van der Waals surface area contributed by atoms with Crippen LogP contribution in [0.3, 0.4) is 0 Å². The van der Waals surface area contributed by atoms with Crippen LogP contribution in [-0.4, -0.2) is 18.8 Å². The minimum absolute atomic E-state index is 0.309. The molecule has 1 aliphatic heterocycles. The highest BCUT2D eigenvalue weighted by atomic mass is 16.7. The van der Waals surface area contributed by atoms with Crippen LogP contribution in [0.2, 0.25) is 0 Å². The normalized spacial score (nSPS) is 17.3. The van der Waals surface area contributed by atoms with Gasteiger partial charge in [-0.1, -0.05) is 47.6 Å². The third-order valence-corrected chi connectivity index (χ3v) is 3.50. The molecule has 0 saturated carbocycles.